The first-order chi connectivity index (χ1) is 28.2. The van der Waals surface area contributed by atoms with E-state index in [1.807, 2.05) is 66.7 Å². The Balaban J connectivity index is 1.03. The molecule has 0 radical (unpaired) electrons. The zero-order valence-corrected chi connectivity index (χ0v) is 30.4. The van der Waals surface area contributed by atoms with Gasteiger partial charge in [0.15, 0.2) is 17.5 Å². The second-order valence-electron chi connectivity index (χ2n) is 14.4. The molecule has 57 heavy (non-hydrogen) atoms. The Bertz CT molecular complexity index is 3530. The van der Waals surface area contributed by atoms with E-state index in [9.17, 15) is 0 Å². The van der Waals surface area contributed by atoms with Crippen molar-refractivity contribution < 1.29 is 8.83 Å². The van der Waals surface area contributed by atoms with Gasteiger partial charge in [-0.3, -0.25) is 0 Å². The van der Waals surface area contributed by atoms with Gasteiger partial charge in [0.2, 0.25) is 0 Å². The molecule has 0 bridgehead atoms. The van der Waals surface area contributed by atoms with Crippen LogP contribution in [-0.4, -0.2) is 19.5 Å². The normalized spacial score (nSPS) is 11.9. The Morgan fingerprint density at radius 1 is 0.298 bits per heavy atom. The van der Waals surface area contributed by atoms with Gasteiger partial charge in [-0.1, -0.05) is 115 Å². The number of hydrogen-bond acceptors (Lipinski definition) is 5. The van der Waals surface area contributed by atoms with E-state index in [2.05, 4.69) is 120 Å². The molecule has 8 aromatic carbocycles. The van der Waals surface area contributed by atoms with Gasteiger partial charge in [-0.15, -0.1) is 0 Å². The van der Waals surface area contributed by atoms with Crippen LogP contribution in [-0.2, 0) is 0 Å². The van der Waals surface area contributed by atoms with E-state index in [1.165, 1.54) is 21.9 Å². The topological polar surface area (TPSA) is 69.9 Å². The highest BCUT2D eigenvalue weighted by Crippen LogP contribution is 2.39. The van der Waals surface area contributed by atoms with Gasteiger partial charge in [-0.25, -0.2) is 15.0 Å². The summed E-state index contributed by atoms with van der Waals surface area (Å²) >= 11 is 0. The molecule has 12 rings (SSSR count). The Kier molecular flexibility index (Phi) is 6.83. The van der Waals surface area contributed by atoms with Crippen LogP contribution in [0.4, 0.5) is 0 Å². The second-order valence-corrected chi connectivity index (χ2v) is 14.4. The third kappa shape index (κ3) is 5.08. The van der Waals surface area contributed by atoms with Crippen LogP contribution in [0.1, 0.15) is 0 Å². The lowest BCUT2D eigenvalue weighted by Gasteiger charge is -2.10. The summed E-state index contributed by atoms with van der Waals surface area (Å²) < 4.78 is 15.1. The minimum absolute atomic E-state index is 0.571. The van der Waals surface area contributed by atoms with Crippen molar-refractivity contribution in [3.05, 3.63) is 182 Å². The molecule has 266 valence electrons. The highest BCUT2D eigenvalue weighted by Gasteiger charge is 2.18. The van der Waals surface area contributed by atoms with Crippen molar-refractivity contribution in [2.75, 3.05) is 0 Å². The third-order valence-corrected chi connectivity index (χ3v) is 11.1. The SMILES string of the molecule is c1ccc(-c2ccc3c4ccccc4n(-c4ccc5oc6ccc(-c7nc(-c8ccccc8)nc(-c8ccc9c(c8)oc8ccccc89)n7)cc6c5c4)c3c2)cc1. The number of aromatic nitrogens is 4. The Hall–Kier alpha value is -7.83. The average molecular weight is 731 g/mol. The summed E-state index contributed by atoms with van der Waals surface area (Å²) in [5.41, 5.74) is 11.6. The van der Waals surface area contributed by atoms with Crippen LogP contribution in [0.5, 0.6) is 0 Å². The lowest BCUT2D eigenvalue weighted by Crippen LogP contribution is -2.00. The predicted molar refractivity (Wildman–Crippen MR) is 230 cm³/mol. The molecule has 0 atom stereocenters. The number of furan rings is 2. The van der Waals surface area contributed by atoms with Crippen molar-refractivity contribution in [2.45, 2.75) is 0 Å². The molecule has 0 saturated carbocycles. The standard InChI is InChI=1S/C51H30N4O2/c1-3-11-31(12-4-1)33-19-23-38-37-15-7-9-17-43(37)55(44(38)28-33)36-22-26-47-42(30-36)41-27-34(21-25-46(41)56-47)50-52-49(32-13-5-2-6-14-32)53-51(54-50)35-20-24-40-39-16-8-10-18-45(39)57-48(40)29-35/h1-30H. The van der Waals surface area contributed by atoms with Crippen molar-refractivity contribution in [1.29, 1.82) is 0 Å². The molecular weight excluding hydrogens is 701 g/mol. The summed E-state index contributed by atoms with van der Waals surface area (Å²) in [6.07, 6.45) is 0. The Labute approximate surface area is 325 Å². The fourth-order valence-electron chi connectivity index (χ4n) is 8.32. The minimum atomic E-state index is 0.571. The zero-order valence-electron chi connectivity index (χ0n) is 30.4. The maximum Gasteiger partial charge on any atom is 0.164 e. The number of benzene rings is 8. The minimum Gasteiger partial charge on any atom is -0.456 e. The monoisotopic (exact) mass is 730 g/mol. The van der Waals surface area contributed by atoms with Crippen LogP contribution in [0, 0.1) is 0 Å². The van der Waals surface area contributed by atoms with Crippen molar-refractivity contribution in [1.82, 2.24) is 19.5 Å². The summed E-state index contributed by atoms with van der Waals surface area (Å²) in [5.74, 6) is 1.75. The predicted octanol–water partition coefficient (Wildman–Crippen LogP) is 13.4. The zero-order chi connectivity index (χ0) is 37.5. The molecule has 0 aliphatic heterocycles. The maximum atomic E-state index is 6.45. The van der Waals surface area contributed by atoms with Crippen molar-refractivity contribution in [3.8, 4) is 51.0 Å². The first kappa shape index (κ1) is 31.5. The summed E-state index contributed by atoms with van der Waals surface area (Å²) in [4.78, 5) is 15.1. The van der Waals surface area contributed by atoms with Gasteiger partial charge in [0.05, 0.1) is 11.0 Å². The van der Waals surface area contributed by atoms with Crippen molar-refractivity contribution >= 4 is 65.7 Å². The molecule has 6 heteroatoms. The summed E-state index contributed by atoms with van der Waals surface area (Å²) in [7, 11) is 0. The largest absolute Gasteiger partial charge is 0.456 e. The van der Waals surface area contributed by atoms with E-state index in [0.717, 1.165) is 77.3 Å². The lowest BCUT2D eigenvalue weighted by atomic mass is 10.0. The fourth-order valence-corrected chi connectivity index (χ4v) is 8.32. The van der Waals surface area contributed by atoms with E-state index in [0.29, 0.717) is 17.5 Å². The van der Waals surface area contributed by atoms with Gasteiger partial charge in [-0.05, 0) is 77.9 Å². The van der Waals surface area contributed by atoms with Gasteiger partial charge in [0.25, 0.3) is 0 Å². The molecule has 0 aliphatic rings. The van der Waals surface area contributed by atoms with E-state index in [4.69, 9.17) is 23.8 Å². The molecule has 6 nitrogen and oxygen atoms in total. The van der Waals surface area contributed by atoms with Crippen LogP contribution < -0.4 is 0 Å². The van der Waals surface area contributed by atoms with Crippen molar-refractivity contribution in [3.63, 3.8) is 0 Å². The molecule has 4 aromatic heterocycles. The fraction of sp³-hybridized carbons (Fsp3) is 0. The first-order valence-electron chi connectivity index (χ1n) is 19.0. The molecule has 0 fully saturated rings. The molecule has 12 aromatic rings. The van der Waals surface area contributed by atoms with Crippen LogP contribution in [0.3, 0.4) is 0 Å². The molecule has 0 saturated heterocycles. The van der Waals surface area contributed by atoms with E-state index in [-0.39, 0.29) is 0 Å². The molecular formula is C51H30N4O2. The molecule has 0 amide bonds. The van der Waals surface area contributed by atoms with E-state index >= 15 is 0 Å². The first-order valence-corrected chi connectivity index (χ1v) is 19.0. The number of nitrogens with zero attached hydrogens (tertiary/aromatic N) is 4. The highest BCUT2D eigenvalue weighted by atomic mass is 16.3. The summed E-state index contributed by atoms with van der Waals surface area (Å²) in [5, 5.41) is 6.57. The van der Waals surface area contributed by atoms with Crippen LogP contribution in [0.15, 0.2) is 191 Å². The highest BCUT2D eigenvalue weighted by molar-refractivity contribution is 6.12. The molecule has 0 spiro atoms. The number of hydrogen-bond donors (Lipinski definition) is 0. The van der Waals surface area contributed by atoms with Crippen LogP contribution in [0.25, 0.3) is 117 Å². The van der Waals surface area contributed by atoms with Crippen LogP contribution >= 0.6 is 0 Å². The summed E-state index contributed by atoms with van der Waals surface area (Å²) in [6.45, 7) is 0. The van der Waals surface area contributed by atoms with Gasteiger partial charge >= 0.3 is 0 Å². The third-order valence-electron chi connectivity index (χ3n) is 11.1. The molecule has 0 aliphatic carbocycles. The second kappa shape index (κ2) is 12.3. The lowest BCUT2D eigenvalue weighted by molar-refractivity contribution is 0.668. The quantitative estimate of drug-likeness (QED) is 0.176. The number of fused-ring (bicyclic) bond motifs is 9. The number of para-hydroxylation sites is 2. The Morgan fingerprint density at radius 3 is 1.63 bits per heavy atom. The smallest absolute Gasteiger partial charge is 0.164 e. The van der Waals surface area contributed by atoms with E-state index in [1.54, 1.807) is 0 Å². The summed E-state index contributed by atoms with van der Waals surface area (Å²) in [6, 6.07) is 62.9. The number of rotatable bonds is 5. The van der Waals surface area contributed by atoms with E-state index < -0.39 is 0 Å². The Morgan fingerprint density at radius 2 is 0.825 bits per heavy atom. The molecule has 0 N–H and O–H groups in total. The molecule has 0 unspecified atom stereocenters. The van der Waals surface area contributed by atoms with Crippen LogP contribution in [0.2, 0.25) is 0 Å². The van der Waals surface area contributed by atoms with Gasteiger partial charge in [-0.2, -0.15) is 0 Å². The molecule has 4 heterocycles. The van der Waals surface area contributed by atoms with Gasteiger partial charge in [0, 0.05) is 54.7 Å². The van der Waals surface area contributed by atoms with Gasteiger partial charge in [0.1, 0.15) is 22.3 Å². The van der Waals surface area contributed by atoms with Crippen molar-refractivity contribution in [2.24, 2.45) is 0 Å². The average Bonchev–Trinajstić information content (AvgIpc) is 3.95. The van der Waals surface area contributed by atoms with Gasteiger partial charge < -0.3 is 13.4 Å². The maximum absolute atomic E-state index is 6.45.